The third-order valence-electron chi connectivity index (χ3n) is 3.17. The van der Waals surface area contributed by atoms with Crippen molar-refractivity contribution in [2.24, 2.45) is 0 Å². The van der Waals surface area contributed by atoms with Crippen LogP contribution in [0.3, 0.4) is 0 Å². The first kappa shape index (κ1) is 17.5. The zero-order chi connectivity index (χ0) is 14.2. The molecule has 0 amide bonds. The molecule has 3 nitrogen and oxygen atoms in total. The van der Waals surface area contributed by atoms with Crippen LogP contribution in [0.4, 0.5) is 0 Å². The Morgan fingerprint density at radius 3 is 2.40 bits per heavy atom. The van der Waals surface area contributed by atoms with Gasteiger partial charge in [0.15, 0.2) is 0 Å². The van der Waals surface area contributed by atoms with Crippen molar-refractivity contribution in [3.8, 4) is 0 Å². The van der Waals surface area contributed by atoms with E-state index in [4.69, 9.17) is 11.6 Å². The number of quaternary nitrogens is 1. The number of aromatic nitrogens is 1. The highest BCUT2D eigenvalue weighted by molar-refractivity contribution is 6.31. The zero-order valence-corrected chi connectivity index (χ0v) is 15.2. The highest BCUT2D eigenvalue weighted by Crippen LogP contribution is 2.24. The van der Waals surface area contributed by atoms with Gasteiger partial charge in [0.25, 0.3) is 5.56 Å². The Morgan fingerprint density at radius 1 is 1.20 bits per heavy atom. The van der Waals surface area contributed by atoms with Crippen LogP contribution in [0, 0.1) is 0 Å². The van der Waals surface area contributed by atoms with E-state index < -0.39 is 0 Å². The molecular formula is C15H20ClIN2O. The van der Waals surface area contributed by atoms with E-state index in [1.54, 1.807) is 6.07 Å². The van der Waals surface area contributed by atoms with Crippen molar-refractivity contribution in [3.05, 3.63) is 44.8 Å². The van der Waals surface area contributed by atoms with Gasteiger partial charge in [-0.1, -0.05) is 24.6 Å². The summed E-state index contributed by atoms with van der Waals surface area (Å²) in [5, 5.41) is 2.28. The molecule has 0 atom stereocenters. The van der Waals surface area contributed by atoms with Gasteiger partial charge in [-0.15, -0.1) is 0 Å². The number of aryl methyl sites for hydroxylation is 1. The van der Waals surface area contributed by atoms with Crippen molar-refractivity contribution in [3.63, 3.8) is 0 Å². The molecule has 2 rings (SSSR count). The number of nitrogens with zero attached hydrogens (tertiary/aromatic N) is 1. The van der Waals surface area contributed by atoms with Crippen LogP contribution in [0.25, 0.3) is 10.8 Å². The first-order valence-corrected chi connectivity index (χ1v) is 6.83. The normalized spacial score (nSPS) is 11.4. The molecule has 110 valence electrons. The van der Waals surface area contributed by atoms with Gasteiger partial charge in [-0.2, -0.15) is 0 Å². The van der Waals surface area contributed by atoms with Crippen LogP contribution in [-0.2, 0) is 13.0 Å². The lowest BCUT2D eigenvalue weighted by Crippen LogP contribution is -3.00. The second-order valence-corrected chi connectivity index (χ2v) is 6.34. The number of fused-ring (bicyclic) bond motifs is 1. The number of rotatable bonds is 3. The van der Waals surface area contributed by atoms with E-state index in [0.29, 0.717) is 10.4 Å². The predicted octanol–water partition coefficient (Wildman–Crippen LogP) is -0.0459. The second-order valence-electron chi connectivity index (χ2n) is 5.90. The van der Waals surface area contributed by atoms with Gasteiger partial charge in [-0.25, -0.2) is 0 Å². The van der Waals surface area contributed by atoms with Gasteiger partial charge in [0, 0.05) is 21.7 Å². The minimum absolute atomic E-state index is 0. The van der Waals surface area contributed by atoms with Crippen molar-refractivity contribution in [1.29, 1.82) is 0 Å². The fraction of sp³-hybridized carbons (Fsp3) is 0.400. The maximum absolute atomic E-state index is 12.1. The average molecular weight is 407 g/mol. The molecule has 0 saturated heterocycles. The van der Waals surface area contributed by atoms with Gasteiger partial charge >= 0.3 is 0 Å². The number of benzene rings is 1. The molecule has 0 aliphatic rings. The minimum Gasteiger partial charge on any atom is -1.00 e. The van der Waals surface area contributed by atoms with Crippen molar-refractivity contribution >= 4 is 22.4 Å². The predicted molar refractivity (Wildman–Crippen MR) is 80.7 cm³/mol. The summed E-state index contributed by atoms with van der Waals surface area (Å²) in [4.78, 5) is 15.1. The molecule has 0 spiro atoms. The lowest BCUT2D eigenvalue weighted by atomic mass is 10.0. The van der Waals surface area contributed by atoms with Crippen molar-refractivity contribution in [2.75, 3.05) is 21.1 Å². The van der Waals surface area contributed by atoms with Gasteiger partial charge in [0.2, 0.25) is 0 Å². The highest BCUT2D eigenvalue weighted by atomic mass is 127. The smallest absolute Gasteiger partial charge is 0.256 e. The minimum atomic E-state index is -0.0560. The van der Waals surface area contributed by atoms with E-state index in [1.165, 1.54) is 5.56 Å². The Kier molecular flexibility index (Phi) is 5.63. The number of aromatic amines is 1. The summed E-state index contributed by atoms with van der Waals surface area (Å²) in [5.74, 6) is 0. The van der Waals surface area contributed by atoms with Crippen molar-refractivity contribution in [1.82, 2.24) is 4.98 Å². The molecular weight excluding hydrogens is 387 g/mol. The number of hydrogen-bond acceptors (Lipinski definition) is 1. The number of nitrogens with one attached hydrogen (secondary N) is 1. The van der Waals surface area contributed by atoms with Gasteiger partial charge in [-0.05, 0) is 23.9 Å². The Hall–Kier alpha value is -0.590. The van der Waals surface area contributed by atoms with Crippen LogP contribution in [0.15, 0.2) is 23.0 Å². The monoisotopic (exact) mass is 406 g/mol. The fourth-order valence-corrected chi connectivity index (χ4v) is 2.54. The summed E-state index contributed by atoms with van der Waals surface area (Å²) < 4.78 is 0.816. The first-order chi connectivity index (χ1) is 8.81. The van der Waals surface area contributed by atoms with Crippen LogP contribution in [0.1, 0.15) is 18.2 Å². The quantitative estimate of drug-likeness (QED) is 0.563. The molecule has 1 aromatic carbocycles. The standard InChI is InChI=1S/C15H19ClN2O.HI/c1-5-14-13(9-18(2,3)4)11-7-6-10(16)8-12(11)15(19)17-14;/h6-8H,5,9H2,1-4H3;1H. The molecule has 1 heterocycles. The lowest BCUT2D eigenvalue weighted by Gasteiger charge is -2.26. The summed E-state index contributed by atoms with van der Waals surface area (Å²) in [7, 11) is 6.44. The number of H-pyrrole nitrogens is 1. The molecule has 0 saturated carbocycles. The SMILES string of the molecule is CCc1[nH]c(=O)c2cc(Cl)ccc2c1C[N+](C)(C)C.[I-]. The van der Waals surface area contributed by atoms with E-state index >= 15 is 0 Å². The fourth-order valence-electron chi connectivity index (χ4n) is 2.37. The van der Waals surface area contributed by atoms with E-state index in [-0.39, 0.29) is 29.5 Å². The van der Waals surface area contributed by atoms with Gasteiger partial charge in [-0.3, -0.25) is 4.79 Å². The Bertz CT molecular complexity index is 674. The van der Waals surface area contributed by atoms with Gasteiger partial charge in [0.05, 0.1) is 21.1 Å². The molecule has 0 aliphatic carbocycles. The molecule has 0 fully saturated rings. The summed E-state index contributed by atoms with van der Waals surface area (Å²) in [6.45, 7) is 2.93. The molecule has 20 heavy (non-hydrogen) atoms. The first-order valence-electron chi connectivity index (χ1n) is 6.45. The zero-order valence-electron chi connectivity index (χ0n) is 12.3. The van der Waals surface area contributed by atoms with Crippen LogP contribution < -0.4 is 29.5 Å². The average Bonchev–Trinajstić information content (AvgIpc) is 2.31. The molecule has 0 aliphatic heterocycles. The molecule has 0 bridgehead atoms. The van der Waals surface area contributed by atoms with Crippen molar-refractivity contribution in [2.45, 2.75) is 19.9 Å². The molecule has 5 heteroatoms. The van der Waals surface area contributed by atoms with Gasteiger partial charge in [0.1, 0.15) is 6.54 Å². The third-order valence-corrected chi connectivity index (χ3v) is 3.40. The van der Waals surface area contributed by atoms with E-state index in [1.807, 2.05) is 12.1 Å². The topological polar surface area (TPSA) is 32.9 Å². The van der Waals surface area contributed by atoms with Crippen molar-refractivity contribution < 1.29 is 28.5 Å². The molecule has 1 N–H and O–H groups in total. The summed E-state index contributed by atoms with van der Waals surface area (Å²) in [6, 6.07) is 5.55. The molecule has 1 aromatic heterocycles. The summed E-state index contributed by atoms with van der Waals surface area (Å²) >= 11 is 5.99. The Labute approximate surface area is 141 Å². The summed E-state index contributed by atoms with van der Waals surface area (Å²) in [6.07, 6.45) is 0.823. The molecule has 0 radical (unpaired) electrons. The van der Waals surface area contributed by atoms with Crippen LogP contribution in [-0.4, -0.2) is 30.6 Å². The van der Waals surface area contributed by atoms with Gasteiger partial charge < -0.3 is 33.4 Å². The summed E-state index contributed by atoms with van der Waals surface area (Å²) in [5.41, 5.74) is 2.17. The maximum atomic E-state index is 12.1. The van der Waals surface area contributed by atoms with E-state index in [9.17, 15) is 4.79 Å². The third kappa shape index (κ3) is 3.74. The number of pyridine rings is 1. The van der Waals surface area contributed by atoms with Crippen LogP contribution >= 0.6 is 11.6 Å². The number of hydrogen-bond donors (Lipinski definition) is 1. The number of halogens is 2. The Morgan fingerprint density at radius 2 is 1.85 bits per heavy atom. The van der Waals surface area contributed by atoms with Crippen LogP contribution in [0.5, 0.6) is 0 Å². The Balaban J connectivity index is 0.00000200. The maximum Gasteiger partial charge on any atom is 0.256 e. The highest BCUT2D eigenvalue weighted by Gasteiger charge is 2.17. The largest absolute Gasteiger partial charge is 1.00 e. The van der Waals surface area contributed by atoms with E-state index in [0.717, 1.165) is 28.5 Å². The molecule has 0 unspecified atom stereocenters. The van der Waals surface area contributed by atoms with E-state index in [2.05, 4.69) is 33.1 Å². The lowest BCUT2D eigenvalue weighted by molar-refractivity contribution is -0.883. The molecule has 2 aromatic rings. The second kappa shape index (κ2) is 6.45. The van der Waals surface area contributed by atoms with Crippen LogP contribution in [0.2, 0.25) is 5.02 Å².